The Morgan fingerprint density at radius 2 is 2.48 bits per heavy atom. The van der Waals surface area contributed by atoms with Crippen LogP contribution in [-0.2, 0) is 4.74 Å². The van der Waals surface area contributed by atoms with Crippen LogP contribution >= 0.6 is 0 Å². The fourth-order valence-corrected chi connectivity index (χ4v) is 3.86. The molecule has 0 aliphatic heterocycles. The lowest BCUT2D eigenvalue weighted by molar-refractivity contribution is 0.0519. The van der Waals surface area contributed by atoms with Crippen LogP contribution in [0.5, 0.6) is 0 Å². The maximum Gasteiger partial charge on any atom is 0.360 e. The van der Waals surface area contributed by atoms with Crippen molar-refractivity contribution in [3.05, 3.63) is 18.2 Å². The number of carbonyl (C=O) groups is 1. The standard InChI is InChI=1S/C15H19N5O3/c1-2-22-14(21)11-8-23-13(17-11)10-7-20(19-18-10)12-5-9-3-4-15(12,16)6-9/h7-9,12H,2-6,16H2,1H3. The summed E-state index contributed by atoms with van der Waals surface area (Å²) in [5.74, 6) is 0.437. The molecular weight excluding hydrogens is 298 g/mol. The molecule has 0 spiro atoms. The van der Waals surface area contributed by atoms with Crippen LogP contribution in [0, 0.1) is 5.92 Å². The first kappa shape index (κ1) is 14.4. The van der Waals surface area contributed by atoms with Crippen LogP contribution in [0.25, 0.3) is 11.6 Å². The van der Waals surface area contributed by atoms with E-state index in [1.807, 2.05) is 4.68 Å². The second kappa shape index (κ2) is 5.16. The van der Waals surface area contributed by atoms with Gasteiger partial charge in [0.25, 0.3) is 0 Å². The van der Waals surface area contributed by atoms with Crippen molar-refractivity contribution >= 4 is 5.97 Å². The maximum atomic E-state index is 11.6. The van der Waals surface area contributed by atoms with Gasteiger partial charge in [0.2, 0.25) is 5.89 Å². The van der Waals surface area contributed by atoms with Gasteiger partial charge in [-0.1, -0.05) is 5.21 Å². The molecule has 2 N–H and O–H groups in total. The first-order valence-corrected chi connectivity index (χ1v) is 7.93. The summed E-state index contributed by atoms with van der Waals surface area (Å²) in [6, 6.07) is 0.169. The summed E-state index contributed by atoms with van der Waals surface area (Å²) in [5, 5.41) is 8.31. The van der Waals surface area contributed by atoms with Crippen molar-refractivity contribution in [3.63, 3.8) is 0 Å². The summed E-state index contributed by atoms with van der Waals surface area (Å²) in [5.41, 5.74) is 6.96. The number of carbonyl (C=O) groups excluding carboxylic acids is 1. The molecule has 0 saturated heterocycles. The normalized spacial score (nSPS) is 29.1. The number of fused-ring (bicyclic) bond motifs is 2. The van der Waals surface area contributed by atoms with Crippen molar-refractivity contribution < 1.29 is 13.9 Å². The fourth-order valence-electron chi connectivity index (χ4n) is 3.86. The van der Waals surface area contributed by atoms with Gasteiger partial charge in [0, 0.05) is 5.54 Å². The molecule has 2 aromatic heterocycles. The lowest BCUT2D eigenvalue weighted by atomic mass is 9.89. The van der Waals surface area contributed by atoms with Crippen molar-refractivity contribution in [2.24, 2.45) is 11.7 Å². The van der Waals surface area contributed by atoms with E-state index in [4.69, 9.17) is 14.9 Å². The monoisotopic (exact) mass is 317 g/mol. The molecular formula is C15H19N5O3. The number of nitrogens with two attached hydrogens (primary N) is 1. The first-order chi connectivity index (χ1) is 11.1. The quantitative estimate of drug-likeness (QED) is 0.852. The minimum Gasteiger partial charge on any atom is -0.461 e. The molecule has 2 bridgehead atoms. The maximum absolute atomic E-state index is 11.6. The SMILES string of the molecule is CCOC(=O)c1coc(-c2cn(C3CC4CCC3(N)C4)nn2)n1. The molecule has 2 fully saturated rings. The molecule has 2 aliphatic carbocycles. The van der Waals surface area contributed by atoms with E-state index in [1.54, 1.807) is 13.1 Å². The van der Waals surface area contributed by atoms with Crippen LogP contribution in [0.15, 0.2) is 16.9 Å². The highest BCUT2D eigenvalue weighted by Crippen LogP contribution is 2.51. The highest BCUT2D eigenvalue weighted by atomic mass is 16.5. The number of ether oxygens (including phenoxy) is 1. The molecule has 2 aromatic rings. The minimum absolute atomic E-state index is 0.131. The first-order valence-electron chi connectivity index (χ1n) is 7.93. The van der Waals surface area contributed by atoms with Crippen molar-refractivity contribution in [1.29, 1.82) is 0 Å². The molecule has 3 atom stereocenters. The smallest absolute Gasteiger partial charge is 0.360 e. The van der Waals surface area contributed by atoms with Gasteiger partial charge in [-0.25, -0.2) is 14.5 Å². The number of nitrogens with zero attached hydrogens (tertiary/aromatic N) is 4. The topological polar surface area (TPSA) is 109 Å². The van der Waals surface area contributed by atoms with Crippen LogP contribution in [0.3, 0.4) is 0 Å². The zero-order chi connectivity index (χ0) is 16.0. The van der Waals surface area contributed by atoms with E-state index in [2.05, 4.69) is 15.3 Å². The summed E-state index contributed by atoms with van der Waals surface area (Å²) in [6.45, 7) is 2.03. The zero-order valence-electron chi connectivity index (χ0n) is 12.9. The Morgan fingerprint density at radius 1 is 1.61 bits per heavy atom. The predicted molar refractivity (Wildman–Crippen MR) is 79.4 cm³/mol. The fraction of sp³-hybridized carbons (Fsp3) is 0.600. The average molecular weight is 317 g/mol. The van der Waals surface area contributed by atoms with E-state index in [-0.39, 0.29) is 23.2 Å². The Bertz CT molecular complexity index is 739. The minimum atomic E-state index is -0.510. The lowest BCUT2D eigenvalue weighted by Crippen LogP contribution is -2.43. The van der Waals surface area contributed by atoms with Crippen molar-refractivity contribution in [2.45, 2.75) is 44.2 Å². The summed E-state index contributed by atoms with van der Waals surface area (Å²) in [6.07, 6.45) is 7.40. The molecule has 23 heavy (non-hydrogen) atoms. The van der Waals surface area contributed by atoms with E-state index in [9.17, 15) is 4.79 Å². The number of hydrogen-bond donors (Lipinski definition) is 1. The molecule has 0 aromatic carbocycles. The van der Waals surface area contributed by atoms with Crippen molar-refractivity contribution in [2.75, 3.05) is 6.61 Å². The third kappa shape index (κ3) is 2.33. The second-order valence-electron chi connectivity index (χ2n) is 6.44. The highest BCUT2D eigenvalue weighted by molar-refractivity contribution is 5.87. The Kier molecular flexibility index (Phi) is 3.22. The van der Waals surface area contributed by atoms with Gasteiger partial charge >= 0.3 is 5.97 Å². The second-order valence-corrected chi connectivity index (χ2v) is 6.44. The molecule has 2 aliphatic rings. The summed E-state index contributed by atoms with van der Waals surface area (Å²) < 4.78 is 12.0. The highest BCUT2D eigenvalue weighted by Gasteiger charge is 2.50. The summed E-state index contributed by atoms with van der Waals surface area (Å²) >= 11 is 0. The lowest BCUT2D eigenvalue weighted by Gasteiger charge is -2.30. The molecule has 2 heterocycles. The summed E-state index contributed by atoms with van der Waals surface area (Å²) in [7, 11) is 0. The third-order valence-corrected chi connectivity index (χ3v) is 4.94. The molecule has 122 valence electrons. The molecule has 2 saturated carbocycles. The van der Waals surface area contributed by atoms with Crippen LogP contribution in [0.2, 0.25) is 0 Å². The van der Waals surface area contributed by atoms with Crippen LogP contribution < -0.4 is 5.73 Å². The van der Waals surface area contributed by atoms with Crippen LogP contribution in [-0.4, -0.2) is 38.1 Å². The van der Waals surface area contributed by atoms with Gasteiger partial charge in [0.1, 0.15) is 6.26 Å². The van der Waals surface area contributed by atoms with Gasteiger partial charge in [0.05, 0.1) is 18.8 Å². The van der Waals surface area contributed by atoms with Gasteiger partial charge in [-0.05, 0) is 38.5 Å². The van der Waals surface area contributed by atoms with E-state index < -0.39 is 5.97 Å². The van der Waals surface area contributed by atoms with Gasteiger partial charge in [-0.15, -0.1) is 5.10 Å². The molecule has 0 radical (unpaired) electrons. The summed E-state index contributed by atoms with van der Waals surface area (Å²) in [4.78, 5) is 15.7. The Hall–Kier alpha value is -2.22. The molecule has 3 unspecified atom stereocenters. The van der Waals surface area contributed by atoms with Crippen molar-refractivity contribution in [3.8, 4) is 11.6 Å². The van der Waals surface area contributed by atoms with E-state index in [1.165, 1.54) is 12.7 Å². The molecule has 4 rings (SSSR count). The third-order valence-electron chi connectivity index (χ3n) is 4.94. The predicted octanol–water partition coefficient (Wildman–Crippen LogP) is 1.55. The van der Waals surface area contributed by atoms with Gasteiger partial charge in [-0.3, -0.25) is 0 Å². The average Bonchev–Trinajstić information content (AvgIpc) is 3.28. The Labute approximate surface area is 133 Å². The number of aromatic nitrogens is 4. The number of hydrogen-bond acceptors (Lipinski definition) is 7. The van der Waals surface area contributed by atoms with E-state index in [0.29, 0.717) is 18.2 Å². The zero-order valence-corrected chi connectivity index (χ0v) is 12.9. The van der Waals surface area contributed by atoms with Gasteiger partial charge in [-0.2, -0.15) is 0 Å². The van der Waals surface area contributed by atoms with Crippen LogP contribution in [0.4, 0.5) is 0 Å². The van der Waals surface area contributed by atoms with E-state index in [0.717, 1.165) is 19.3 Å². The number of esters is 1. The van der Waals surface area contributed by atoms with Crippen LogP contribution in [0.1, 0.15) is 49.1 Å². The Morgan fingerprint density at radius 3 is 3.17 bits per heavy atom. The van der Waals surface area contributed by atoms with Gasteiger partial charge in [0.15, 0.2) is 11.4 Å². The number of oxazole rings is 1. The van der Waals surface area contributed by atoms with Gasteiger partial charge < -0.3 is 14.9 Å². The molecule has 8 heteroatoms. The van der Waals surface area contributed by atoms with Crippen molar-refractivity contribution in [1.82, 2.24) is 20.0 Å². The largest absolute Gasteiger partial charge is 0.461 e. The Balaban J connectivity index is 1.56. The van der Waals surface area contributed by atoms with E-state index >= 15 is 0 Å². The molecule has 0 amide bonds. The number of rotatable bonds is 4. The molecule has 8 nitrogen and oxygen atoms in total.